The van der Waals surface area contributed by atoms with E-state index >= 15 is 0 Å². The van der Waals surface area contributed by atoms with E-state index in [1.54, 1.807) is 0 Å². The summed E-state index contributed by atoms with van der Waals surface area (Å²) in [6, 6.07) is 8.22. The Morgan fingerprint density at radius 1 is 1.19 bits per heavy atom. The molecule has 0 spiro atoms. The normalized spacial score (nSPS) is 16.0. The number of carboxylic acid groups (broad SMARTS) is 1. The fraction of sp³-hybridized carbons (Fsp3) is 0.500. The Labute approximate surface area is 125 Å². The smallest absolute Gasteiger partial charge is 0.317 e. The minimum absolute atomic E-state index is 0.0608. The largest absolute Gasteiger partial charge is 0.480 e. The van der Waals surface area contributed by atoms with Crippen LogP contribution in [0, 0.1) is 6.92 Å². The Bertz CT molecular complexity index is 508. The van der Waals surface area contributed by atoms with Gasteiger partial charge in [0.15, 0.2) is 0 Å². The number of carbonyl (C=O) groups excluding carboxylic acids is 1. The third-order valence-corrected chi connectivity index (χ3v) is 3.79. The standard InChI is InChI=1S/C16H22N2O3/c1-13-3-2-4-14(11-13)5-6-15(19)18-9-7-17(8-10-18)12-16(20)21/h2-4,11H,5-10,12H2,1H3,(H,20,21). The first-order valence-electron chi connectivity index (χ1n) is 7.32. The monoisotopic (exact) mass is 290 g/mol. The second kappa shape index (κ2) is 7.22. The van der Waals surface area contributed by atoms with Crippen molar-refractivity contribution in [1.29, 1.82) is 0 Å². The molecule has 0 radical (unpaired) electrons. The van der Waals surface area contributed by atoms with Gasteiger partial charge in [0.25, 0.3) is 0 Å². The van der Waals surface area contributed by atoms with Gasteiger partial charge in [-0.05, 0) is 18.9 Å². The molecule has 1 heterocycles. The number of aliphatic carboxylic acids is 1. The molecule has 5 heteroatoms. The first-order chi connectivity index (χ1) is 10.0. The van der Waals surface area contributed by atoms with E-state index in [0.29, 0.717) is 32.6 Å². The highest BCUT2D eigenvalue weighted by atomic mass is 16.4. The van der Waals surface area contributed by atoms with Crippen LogP contribution in [-0.4, -0.2) is 59.5 Å². The summed E-state index contributed by atoms with van der Waals surface area (Å²) in [7, 11) is 0. The summed E-state index contributed by atoms with van der Waals surface area (Å²) < 4.78 is 0. The first-order valence-corrected chi connectivity index (χ1v) is 7.32. The molecule has 1 aromatic rings. The zero-order valence-electron chi connectivity index (χ0n) is 12.4. The highest BCUT2D eigenvalue weighted by Gasteiger charge is 2.21. The molecule has 1 N–H and O–H groups in total. The van der Waals surface area contributed by atoms with E-state index in [2.05, 4.69) is 6.07 Å². The molecular formula is C16H22N2O3. The summed E-state index contributed by atoms with van der Waals surface area (Å²) in [5, 5.41) is 8.75. The van der Waals surface area contributed by atoms with Crippen molar-refractivity contribution in [2.45, 2.75) is 19.8 Å². The molecule has 1 fully saturated rings. The third kappa shape index (κ3) is 4.86. The minimum Gasteiger partial charge on any atom is -0.480 e. The molecule has 1 aromatic carbocycles. The van der Waals surface area contributed by atoms with Crippen molar-refractivity contribution in [3.05, 3.63) is 35.4 Å². The average Bonchev–Trinajstić information content (AvgIpc) is 2.45. The van der Waals surface area contributed by atoms with Crippen LogP contribution in [0.5, 0.6) is 0 Å². The van der Waals surface area contributed by atoms with E-state index in [0.717, 1.165) is 6.42 Å². The number of hydrogen-bond acceptors (Lipinski definition) is 3. The third-order valence-electron chi connectivity index (χ3n) is 3.79. The number of aryl methyl sites for hydroxylation is 2. The highest BCUT2D eigenvalue weighted by molar-refractivity contribution is 5.76. The molecule has 0 aliphatic carbocycles. The van der Waals surface area contributed by atoms with E-state index in [1.807, 2.05) is 34.9 Å². The fourth-order valence-electron chi connectivity index (χ4n) is 2.62. The van der Waals surface area contributed by atoms with Crippen LogP contribution in [-0.2, 0) is 16.0 Å². The maximum Gasteiger partial charge on any atom is 0.317 e. The molecule has 0 bridgehead atoms. The Morgan fingerprint density at radius 2 is 1.90 bits per heavy atom. The topological polar surface area (TPSA) is 60.9 Å². The summed E-state index contributed by atoms with van der Waals surface area (Å²) in [5.74, 6) is -0.652. The second-order valence-corrected chi connectivity index (χ2v) is 5.54. The van der Waals surface area contributed by atoms with Crippen LogP contribution >= 0.6 is 0 Å². The van der Waals surface area contributed by atoms with Gasteiger partial charge in [0.1, 0.15) is 0 Å². The summed E-state index contributed by atoms with van der Waals surface area (Å²) in [5.41, 5.74) is 2.40. The van der Waals surface area contributed by atoms with Gasteiger partial charge in [-0.2, -0.15) is 0 Å². The number of rotatable bonds is 5. The van der Waals surface area contributed by atoms with Crippen molar-refractivity contribution in [3.63, 3.8) is 0 Å². The first kappa shape index (κ1) is 15.5. The Morgan fingerprint density at radius 3 is 2.52 bits per heavy atom. The van der Waals surface area contributed by atoms with Gasteiger partial charge in [-0.15, -0.1) is 0 Å². The van der Waals surface area contributed by atoms with Crippen molar-refractivity contribution >= 4 is 11.9 Å². The van der Waals surface area contributed by atoms with Crippen molar-refractivity contribution in [3.8, 4) is 0 Å². The summed E-state index contributed by atoms with van der Waals surface area (Å²) >= 11 is 0. The lowest BCUT2D eigenvalue weighted by molar-refractivity contribution is -0.139. The molecule has 1 aliphatic rings. The second-order valence-electron chi connectivity index (χ2n) is 5.54. The van der Waals surface area contributed by atoms with Crippen LogP contribution in [0.1, 0.15) is 17.5 Å². The molecular weight excluding hydrogens is 268 g/mol. The van der Waals surface area contributed by atoms with Crippen LogP contribution in [0.4, 0.5) is 0 Å². The van der Waals surface area contributed by atoms with Crippen LogP contribution in [0.3, 0.4) is 0 Å². The molecule has 21 heavy (non-hydrogen) atoms. The van der Waals surface area contributed by atoms with Crippen molar-refractivity contribution in [2.24, 2.45) is 0 Å². The number of benzene rings is 1. The number of piperazine rings is 1. The van der Waals surface area contributed by atoms with Crippen LogP contribution < -0.4 is 0 Å². The van der Waals surface area contributed by atoms with Gasteiger partial charge in [0, 0.05) is 32.6 Å². The minimum atomic E-state index is -0.811. The SMILES string of the molecule is Cc1cccc(CCC(=O)N2CCN(CC(=O)O)CC2)c1. The lowest BCUT2D eigenvalue weighted by Gasteiger charge is -2.33. The van der Waals surface area contributed by atoms with Crippen LogP contribution in [0.15, 0.2) is 24.3 Å². The van der Waals surface area contributed by atoms with Crippen LogP contribution in [0.2, 0.25) is 0 Å². The van der Waals surface area contributed by atoms with Gasteiger partial charge in [0.2, 0.25) is 5.91 Å². The van der Waals surface area contributed by atoms with E-state index in [1.165, 1.54) is 11.1 Å². The van der Waals surface area contributed by atoms with E-state index in [-0.39, 0.29) is 12.5 Å². The van der Waals surface area contributed by atoms with E-state index in [9.17, 15) is 9.59 Å². The van der Waals surface area contributed by atoms with Crippen molar-refractivity contribution in [1.82, 2.24) is 9.80 Å². The van der Waals surface area contributed by atoms with Gasteiger partial charge < -0.3 is 10.0 Å². The molecule has 0 saturated carbocycles. The predicted octanol–water partition coefficient (Wildman–Crippen LogP) is 1.16. The summed E-state index contributed by atoms with van der Waals surface area (Å²) in [4.78, 5) is 26.5. The lowest BCUT2D eigenvalue weighted by atomic mass is 10.1. The predicted molar refractivity (Wildman–Crippen MR) is 80.2 cm³/mol. The molecule has 1 aliphatic heterocycles. The van der Waals surface area contributed by atoms with Gasteiger partial charge in [-0.1, -0.05) is 29.8 Å². The van der Waals surface area contributed by atoms with Crippen LogP contribution in [0.25, 0.3) is 0 Å². The molecule has 0 aromatic heterocycles. The molecule has 0 unspecified atom stereocenters. The number of carbonyl (C=O) groups is 2. The lowest BCUT2D eigenvalue weighted by Crippen LogP contribution is -2.49. The maximum absolute atomic E-state index is 12.2. The average molecular weight is 290 g/mol. The highest BCUT2D eigenvalue weighted by Crippen LogP contribution is 2.09. The quantitative estimate of drug-likeness (QED) is 0.884. The van der Waals surface area contributed by atoms with Crippen molar-refractivity contribution < 1.29 is 14.7 Å². The van der Waals surface area contributed by atoms with Gasteiger partial charge in [-0.3, -0.25) is 14.5 Å². The fourth-order valence-corrected chi connectivity index (χ4v) is 2.62. The zero-order chi connectivity index (χ0) is 15.2. The van der Waals surface area contributed by atoms with Gasteiger partial charge >= 0.3 is 5.97 Å². The molecule has 114 valence electrons. The van der Waals surface area contributed by atoms with E-state index < -0.39 is 5.97 Å². The Balaban J connectivity index is 1.76. The number of hydrogen-bond donors (Lipinski definition) is 1. The number of nitrogens with zero attached hydrogens (tertiary/aromatic N) is 2. The van der Waals surface area contributed by atoms with Gasteiger partial charge in [-0.25, -0.2) is 0 Å². The number of carboxylic acids is 1. The zero-order valence-corrected chi connectivity index (χ0v) is 12.4. The number of amides is 1. The Hall–Kier alpha value is -1.88. The molecule has 1 amide bonds. The van der Waals surface area contributed by atoms with Crippen molar-refractivity contribution in [2.75, 3.05) is 32.7 Å². The molecule has 2 rings (SSSR count). The van der Waals surface area contributed by atoms with Gasteiger partial charge in [0.05, 0.1) is 6.54 Å². The summed E-state index contributed by atoms with van der Waals surface area (Å²) in [6.45, 7) is 4.64. The molecule has 0 atom stereocenters. The maximum atomic E-state index is 12.2. The summed E-state index contributed by atoms with van der Waals surface area (Å²) in [6.07, 6.45) is 1.28. The molecule has 5 nitrogen and oxygen atoms in total. The van der Waals surface area contributed by atoms with E-state index in [4.69, 9.17) is 5.11 Å². The molecule has 1 saturated heterocycles. The Kier molecular flexibility index (Phi) is 5.33.